The molecule has 0 bridgehead atoms. The quantitative estimate of drug-likeness (QED) is 0.770. The second-order valence-electron chi connectivity index (χ2n) is 4.87. The van der Waals surface area contributed by atoms with Crippen molar-refractivity contribution in [2.75, 3.05) is 0 Å². The smallest absolute Gasteiger partial charge is 0.489 e. The molecule has 0 atom stereocenters. The molecule has 0 aromatic heterocycles. The van der Waals surface area contributed by atoms with Gasteiger partial charge < -0.3 is 17.7 Å². The standard InChI is InChI=1S/C15H15BF3O/c1-11-3-5-13(6-4-11)10-20-15-8-7-14(9-12(15)2)16(17,18)19/h3-9H,10H2,1-2H3/q-1. The van der Waals surface area contributed by atoms with E-state index in [0.717, 1.165) is 23.3 Å². The predicted octanol–water partition coefficient (Wildman–Crippen LogP) is 3.94. The Morgan fingerprint density at radius 3 is 2.15 bits per heavy atom. The van der Waals surface area contributed by atoms with Crippen molar-refractivity contribution in [1.82, 2.24) is 0 Å². The summed E-state index contributed by atoms with van der Waals surface area (Å²) in [5.41, 5.74) is 2.04. The van der Waals surface area contributed by atoms with Crippen LogP contribution in [-0.2, 0) is 6.61 Å². The van der Waals surface area contributed by atoms with E-state index < -0.39 is 12.4 Å². The van der Waals surface area contributed by atoms with Crippen molar-refractivity contribution < 1.29 is 17.7 Å². The summed E-state index contributed by atoms with van der Waals surface area (Å²) in [6.07, 6.45) is 0. The van der Waals surface area contributed by atoms with Gasteiger partial charge in [-0.2, -0.15) is 0 Å². The van der Waals surface area contributed by atoms with Gasteiger partial charge in [0.15, 0.2) is 0 Å². The first-order chi connectivity index (χ1) is 9.36. The molecule has 0 heterocycles. The van der Waals surface area contributed by atoms with E-state index >= 15 is 0 Å². The molecule has 0 saturated carbocycles. The summed E-state index contributed by atoms with van der Waals surface area (Å²) in [5.74, 6) is 0.481. The highest BCUT2D eigenvalue weighted by Crippen LogP contribution is 2.20. The minimum Gasteiger partial charge on any atom is -0.489 e. The highest BCUT2D eigenvalue weighted by Gasteiger charge is 2.25. The van der Waals surface area contributed by atoms with E-state index in [2.05, 4.69) is 0 Å². The average molecular weight is 279 g/mol. The molecular formula is C15H15BF3O-. The van der Waals surface area contributed by atoms with Crippen LogP contribution in [0, 0.1) is 13.8 Å². The molecule has 0 N–H and O–H groups in total. The number of ether oxygens (including phenoxy) is 1. The van der Waals surface area contributed by atoms with Crippen molar-refractivity contribution in [1.29, 1.82) is 0 Å². The third-order valence-corrected chi connectivity index (χ3v) is 3.09. The summed E-state index contributed by atoms with van der Waals surface area (Å²) in [4.78, 5) is 0. The Morgan fingerprint density at radius 1 is 0.950 bits per heavy atom. The van der Waals surface area contributed by atoms with Crippen LogP contribution in [0.1, 0.15) is 16.7 Å². The summed E-state index contributed by atoms with van der Waals surface area (Å²) in [6.45, 7) is -0.999. The molecule has 0 fully saturated rings. The van der Waals surface area contributed by atoms with Crippen molar-refractivity contribution in [3.05, 3.63) is 59.2 Å². The minimum atomic E-state index is -4.96. The van der Waals surface area contributed by atoms with Gasteiger partial charge in [-0.1, -0.05) is 42.0 Å². The van der Waals surface area contributed by atoms with Crippen LogP contribution in [0.15, 0.2) is 42.5 Å². The normalized spacial score (nSPS) is 11.4. The molecule has 0 aliphatic carbocycles. The molecule has 2 rings (SSSR count). The molecule has 20 heavy (non-hydrogen) atoms. The number of halogens is 3. The lowest BCUT2D eigenvalue weighted by Crippen LogP contribution is -2.34. The molecule has 106 valence electrons. The van der Waals surface area contributed by atoms with E-state index in [1.54, 1.807) is 6.92 Å². The molecular weight excluding hydrogens is 264 g/mol. The largest absolute Gasteiger partial charge is 0.509 e. The zero-order chi connectivity index (χ0) is 14.8. The van der Waals surface area contributed by atoms with Gasteiger partial charge in [0.1, 0.15) is 12.4 Å². The molecule has 0 radical (unpaired) electrons. The zero-order valence-corrected chi connectivity index (χ0v) is 11.4. The fourth-order valence-electron chi connectivity index (χ4n) is 1.88. The lowest BCUT2D eigenvalue weighted by Gasteiger charge is -2.17. The van der Waals surface area contributed by atoms with Crippen LogP contribution < -0.4 is 10.2 Å². The summed E-state index contributed by atoms with van der Waals surface area (Å²) in [7, 11) is 0. The summed E-state index contributed by atoms with van der Waals surface area (Å²) < 4.78 is 43.4. The molecule has 0 aliphatic heterocycles. The summed E-state index contributed by atoms with van der Waals surface area (Å²) >= 11 is 0. The molecule has 0 spiro atoms. The Labute approximate surface area is 116 Å². The Bertz CT molecular complexity index is 591. The number of benzene rings is 2. The van der Waals surface area contributed by atoms with Gasteiger partial charge in [-0.15, -0.1) is 5.46 Å². The maximum Gasteiger partial charge on any atom is 0.509 e. The van der Waals surface area contributed by atoms with Crippen LogP contribution in [0.5, 0.6) is 5.75 Å². The Morgan fingerprint density at radius 2 is 1.60 bits per heavy atom. The molecule has 2 aromatic carbocycles. The fourth-order valence-corrected chi connectivity index (χ4v) is 1.88. The van der Waals surface area contributed by atoms with Crippen molar-refractivity contribution in [2.45, 2.75) is 20.5 Å². The molecule has 0 saturated heterocycles. The van der Waals surface area contributed by atoms with E-state index in [0.29, 0.717) is 17.9 Å². The first kappa shape index (κ1) is 14.5. The monoisotopic (exact) mass is 279 g/mol. The van der Waals surface area contributed by atoms with Gasteiger partial charge in [0.05, 0.1) is 0 Å². The lowest BCUT2D eigenvalue weighted by atomic mass is 9.79. The Kier molecular flexibility index (Phi) is 4.07. The van der Waals surface area contributed by atoms with Crippen LogP contribution in [0.4, 0.5) is 12.9 Å². The first-order valence-corrected chi connectivity index (χ1v) is 6.35. The van der Waals surface area contributed by atoms with Crippen LogP contribution >= 0.6 is 0 Å². The number of aryl methyl sites for hydroxylation is 2. The second-order valence-corrected chi connectivity index (χ2v) is 4.87. The molecule has 0 amide bonds. The Balaban J connectivity index is 2.08. The zero-order valence-electron chi connectivity index (χ0n) is 11.4. The van der Waals surface area contributed by atoms with Crippen molar-refractivity contribution >= 4 is 12.4 Å². The van der Waals surface area contributed by atoms with Gasteiger partial charge in [0.2, 0.25) is 0 Å². The summed E-state index contributed by atoms with van der Waals surface area (Å²) in [5, 5.41) is 0. The number of hydrogen-bond donors (Lipinski definition) is 0. The lowest BCUT2D eigenvalue weighted by molar-refractivity contribution is 0.304. The first-order valence-electron chi connectivity index (χ1n) is 6.35. The minimum absolute atomic E-state index is 0.345. The van der Waals surface area contributed by atoms with Crippen LogP contribution in [0.3, 0.4) is 0 Å². The molecule has 1 nitrogen and oxygen atoms in total. The topological polar surface area (TPSA) is 9.23 Å². The SMILES string of the molecule is Cc1ccc(COc2ccc([B-](F)(F)F)cc2C)cc1. The number of rotatable bonds is 4. The summed E-state index contributed by atoms with van der Waals surface area (Å²) in [6, 6.07) is 11.4. The van der Waals surface area contributed by atoms with Crippen LogP contribution in [0.2, 0.25) is 0 Å². The van der Waals surface area contributed by atoms with Crippen LogP contribution in [0.25, 0.3) is 0 Å². The highest BCUT2D eigenvalue weighted by atomic mass is 19.4. The van der Waals surface area contributed by atoms with Crippen LogP contribution in [-0.4, -0.2) is 6.98 Å². The Hall–Kier alpha value is -1.91. The van der Waals surface area contributed by atoms with Gasteiger partial charge in [-0.05, 0) is 31.0 Å². The maximum absolute atomic E-state index is 12.6. The van der Waals surface area contributed by atoms with E-state index in [-0.39, 0.29) is 0 Å². The van der Waals surface area contributed by atoms with Crippen molar-refractivity contribution in [2.24, 2.45) is 0 Å². The fraction of sp³-hybridized carbons (Fsp3) is 0.200. The van der Waals surface area contributed by atoms with Gasteiger partial charge in [0, 0.05) is 0 Å². The molecule has 0 unspecified atom stereocenters. The predicted molar refractivity (Wildman–Crippen MR) is 75.4 cm³/mol. The van der Waals surface area contributed by atoms with Gasteiger partial charge in [0.25, 0.3) is 0 Å². The highest BCUT2D eigenvalue weighted by molar-refractivity contribution is 6.73. The third kappa shape index (κ3) is 3.56. The van der Waals surface area contributed by atoms with Gasteiger partial charge in [-0.25, -0.2) is 0 Å². The van der Waals surface area contributed by atoms with Gasteiger partial charge >= 0.3 is 6.98 Å². The van der Waals surface area contributed by atoms with E-state index in [4.69, 9.17) is 4.74 Å². The van der Waals surface area contributed by atoms with E-state index in [9.17, 15) is 12.9 Å². The number of hydrogen-bond acceptors (Lipinski definition) is 1. The van der Waals surface area contributed by atoms with E-state index in [1.807, 2.05) is 31.2 Å². The van der Waals surface area contributed by atoms with Crippen molar-refractivity contribution in [3.63, 3.8) is 0 Å². The third-order valence-electron chi connectivity index (χ3n) is 3.09. The van der Waals surface area contributed by atoms with Gasteiger partial charge in [-0.3, -0.25) is 0 Å². The average Bonchev–Trinajstić information content (AvgIpc) is 2.38. The molecule has 2 aromatic rings. The maximum atomic E-state index is 12.6. The molecule has 0 aliphatic rings. The second kappa shape index (κ2) is 5.61. The molecule has 5 heteroatoms. The van der Waals surface area contributed by atoms with E-state index in [1.165, 1.54) is 6.07 Å². The van der Waals surface area contributed by atoms with Crippen molar-refractivity contribution in [3.8, 4) is 5.75 Å².